The minimum Gasteiger partial charge on any atom is -0.616 e. The van der Waals surface area contributed by atoms with Crippen molar-refractivity contribution in [2.45, 2.75) is 45.3 Å². The Kier molecular flexibility index (Phi) is 2.40. The van der Waals surface area contributed by atoms with E-state index < -0.39 is 11.2 Å². The molecule has 4 atom stereocenters. The predicted molar refractivity (Wildman–Crippen MR) is 57.1 cm³/mol. The fourth-order valence-electron chi connectivity index (χ4n) is 2.93. The van der Waals surface area contributed by atoms with Crippen LogP contribution in [0.5, 0.6) is 0 Å². The molecular formula is C11H20OS. The van der Waals surface area contributed by atoms with Gasteiger partial charge in [0.2, 0.25) is 0 Å². The van der Waals surface area contributed by atoms with Gasteiger partial charge in [-0.05, 0) is 24.2 Å². The summed E-state index contributed by atoms with van der Waals surface area (Å²) in [5, 5.41) is 0.549. The minimum atomic E-state index is -0.491. The summed E-state index contributed by atoms with van der Waals surface area (Å²) >= 11 is -0.491. The molecule has 2 rings (SSSR count). The van der Waals surface area contributed by atoms with Crippen molar-refractivity contribution in [3.63, 3.8) is 0 Å². The Morgan fingerprint density at radius 3 is 2.62 bits per heavy atom. The van der Waals surface area contributed by atoms with Gasteiger partial charge in [0, 0.05) is 12.3 Å². The van der Waals surface area contributed by atoms with Gasteiger partial charge in [-0.25, -0.2) is 0 Å². The molecule has 13 heavy (non-hydrogen) atoms. The molecule has 76 valence electrons. The number of fused-ring (bicyclic) bond motifs is 1. The van der Waals surface area contributed by atoms with Crippen molar-refractivity contribution >= 4 is 11.2 Å². The predicted octanol–water partition coefficient (Wildman–Crippen LogP) is 2.58. The summed E-state index contributed by atoms with van der Waals surface area (Å²) < 4.78 is 11.7. The van der Waals surface area contributed by atoms with Crippen molar-refractivity contribution < 1.29 is 4.55 Å². The summed E-state index contributed by atoms with van der Waals surface area (Å²) in [5.74, 6) is 2.51. The Bertz CT molecular complexity index is 204. The van der Waals surface area contributed by atoms with Crippen LogP contribution in [0.4, 0.5) is 0 Å². The van der Waals surface area contributed by atoms with E-state index in [1.165, 1.54) is 19.3 Å². The van der Waals surface area contributed by atoms with Gasteiger partial charge in [0.1, 0.15) is 11.0 Å². The summed E-state index contributed by atoms with van der Waals surface area (Å²) in [6.07, 6.45) is 3.75. The number of hydrogen-bond acceptors (Lipinski definition) is 1. The molecule has 0 radical (unpaired) electrons. The van der Waals surface area contributed by atoms with Crippen LogP contribution in [-0.4, -0.2) is 15.6 Å². The molecule has 0 aromatic heterocycles. The second-order valence-corrected chi connectivity index (χ2v) is 7.16. The normalized spacial score (nSPS) is 50.1. The summed E-state index contributed by atoms with van der Waals surface area (Å²) in [6, 6.07) is 0. The summed E-state index contributed by atoms with van der Waals surface area (Å²) in [4.78, 5) is 0. The third-order valence-corrected chi connectivity index (χ3v) is 6.21. The molecule has 2 heteroatoms. The molecule has 1 aliphatic carbocycles. The first-order valence-electron chi connectivity index (χ1n) is 5.40. The Balaban J connectivity index is 2.09. The average molecular weight is 200 g/mol. The van der Waals surface area contributed by atoms with Crippen LogP contribution in [0.3, 0.4) is 0 Å². The molecule has 1 saturated heterocycles. The molecule has 2 fully saturated rings. The van der Waals surface area contributed by atoms with Gasteiger partial charge >= 0.3 is 0 Å². The van der Waals surface area contributed by atoms with Crippen LogP contribution >= 0.6 is 0 Å². The fourth-order valence-corrected chi connectivity index (χ4v) is 4.99. The van der Waals surface area contributed by atoms with E-state index in [4.69, 9.17) is 0 Å². The molecule has 0 amide bonds. The second kappa shape index (κ2) is 3.16. The first kappa shape index (κ1) is 9.85. The zero-order chi connectivity index (χ0) is 9.64. The monoisotopic (exact) mass is 200 g/mol. The summed E-state index contributed by atoms with van der Waals surface area (Å²) in [6.45, 7) is 7.00. The van der Waals surface area contributed by atoms with E-state index in [9.17, 15) is 4.55 Å². The maximum atomic E-state index is 11.7. The molecule has 1 saturated carbocycles. The molecule has 0 bridgehead atoms. The van der Waals surface area contributed by atoms with Crippen LogP contribution in [0.25, 0.3) is 0 Å². The molecule has 1 nitrogen and oxygen atoms in total. The quantitative estimate of drug-likeness (QED) is 0.597. The molecule has 1 heterocycles. The highest BCUT2D eigenvalue weighted by molar-refractivity contribution is 7.92. The molecule has 1 aliphatic heterocycles. The van der Waals surface area contributed by atoms with Gasteiger partial charge in [-0.15, -0.1) is 0 Å². The zero-order valence-electron chi connectivity index (χ0n) is 8.88. The summed E-state index contributed by atoms with van der Waals surface area (Å²) in [5.41, 5.74) is 0.478. The van der Waals surface area contributed by atoms with E-state index in [0.29, 0.717) is 10.7 Å². The number of hydrogen-bond donors (Lipinski definition) is 0. The lowest BCUT2D eigenvalue weighted by atomic mass is 9.77. The topological polar surface area (TPSA) is 23.1 Å². The van der Waals surface area contributed by atoms with Crippen LogP contribution in [0.1, 0.15) is 40.0 Å². The van der Waals surface area contributed by atoms with Gasteiger partial charge in [-0.2, -0.15) is 0 Å². The van der Waals surface area contributed by atoms with Crippen molar-refractivity contribution in [3.05, 3.63) is 0 Å². The first-order valence-corrected chi connectivity index (χ1v) is 6.78. The van der Waals surface area contributed by atoms with E-state index in [2.05, 4.69) is 20.8 Å². The van der Waals surface area contributed by atoms with Gasteiger partial charge in [0.05, 0.1) is 0 Å². The maximum absolute atomic E-state index is 11.7. The third kappa shape index (κ3) is 1.52. The maximum Gasteiger partial charge on any atom is 0.119 e. The van der Waals surface area contributed by atoms with Gasteiger partial charge in [0.25, 0.3) is 0 Å². The van der Waals surface area contributed by atoms with E-state index in [1.807, 2.05) is 0 Å². The Morgan fingerprint density at radius 2 is 2.08 bits per heavy atom. The van der Waals surface area contributed by atoms with E-state index in [1.54, 1.807) is 0 Å². The lowest BCUT2D eigenvalue weighted by Gasteiger charge is -2.29. The van der Waals surface area contributed by atoms with Crippen LogP contribution < -0.4 is 0 Å². The van der Waals surface area contributed by atoms with Gasteiger partial charge in [0.15, 0.2) is 0 Å². The molecule has 2 aliphatic rings. The number of rotatable bonds is 1. The van der Waals surface area contributed by atoms with Crippen molar-refractivity contribution in [1.29, 1.82) is 0 Å². The SMILES string of the molecule is CC(C)C1(C)CC2CC[S+]([O-])C2C1. The molecule has 4 unspecified atom stereocenters. The molecule has 0 N–H and O–H groups in total. The van der Waals surface area contributed by atoms with E-state index >= 15 is 0 Å². The summed E-state index contributed by atoms with van der Waals surface area (Å²) in [7, 11) is 0. The average Bonchev–Trinajstić information content (AvgIpc) is 2.52. The minimum absolute atomic E-state index is 0.478. The van der Waals surface area contributed by atoms with Crippen molar-refractivity contribution in [2.75, 3.05) is 5.75 Å². The highest BCUT2D eigenvalue weighted by atomic mass is 32.2. The van der Waals surface area contributed by atoms with Crippen LogP contribution in [-0.2, 0) is 11.2 Å². The zero-order valence-corrected chi connectivity index (χ0v) is 9.69. The lowest BCUT2D eigenvalue weighted by molar-refractivity contribution is 0.216. The molecular weight excluding hydrogens is 180 g/mol. The first-order chi connectivity index (χ1) is 6.03. The molecule has 0 aromatic carbocycles. The van der Waals surface area contributed by atoms with Crippen molar-refractivity contribution in [3.8, 4) is 0 Å². The lowest BCUT2D eigenvalue weighted by Crippen LogP contribution is -2.23. The highest BCUT2D eigenvalue weighted by Crippen LogP contribution is 2.52. The van der Waals surface area contributed by atoms with Gasteiger partial charge < -0.3 is 4.55 Å². The van der Waals surface area contributed by atoms with Crippen LogP contribution in [0.2, 0.25) is 0 Å². The Hall–Kier alpha value is 0.310. The smallest absolute Gasteiger partial charge is 0.119 e. The standard InChI is InChI=1S/C11H20OS/c1-8(2)11(3)6-9-4-5-13(12)10(9)7-11/h8-10H,4-7H2,1-3H3. The Morgan fingerprint density at radius 1 is 1.38 bits per heavy atom. The van der Waals surface area contributed by atoms with E-state index in [-0.39, 0.29) is 0 Å². The van der Waals surface area contributed by atoms with Gasteiger partial charge in [-0.1, -0.05) is 31.9 Å². The third-order valence-electron chi connectivity index (χ3n) is 4.34. The molecule has 0 aromatic rings. The highest BCUT2D eigenvalue weighted by Gasteiger charge is 2.52. The van der Waals surface area contributed by atoms with E-state index in [0.717, 1.165) is 17.6 Å². The fraction of sp³-hybridized carbons (Fsp3) is 1.00. The van der Waals surface area contributed by atoms with Crippen molar-refractivity contribution in [2.24, 2.45) is 17.3 Å². The van der Waals surface area contributed by atoms with Crippen molar-refractivity contribution in [1.82, 2.24) is 0 Å². The van der Waals surface area contributed by atoms with Gasteiger partial charge in [-0.3, -0.25) is 0 Å². The molecule has 0 spiro atoms. The van der Waals surface area contributed by atoms with Crippen LogP contribution in [0, 0.1) is 17.3 Å². The Labute approximate surface area is 84.5 Å². The van der Waals surface area contributed by atoms with Crippen LogP contribution in [0.15, 0.2) is 0 Å². The largest absolute Gasteiger partial charge is 0.616 e. The second-order valence-electron chi connectivity index (χ2n) is 5.39.